The Hall–Kier alpha value is -2.08. The molecule has 1 N–H and O–H groups in total. The van der Waals surface area contributed by atoms with Crippen molar-refractivity contribution in [1.82, 2.24) is 10.4 Å². The van der Waals surface area contributed by atoms with Gasteiger partial charge in [0.05, 0.1) is 17.9 Å². The Morgan fingerprint density at radius 2 is 2.12 bits per heavy atom. The van der Waals surface area contributed by atoms with Crippen molar-refractivity contribution >= 4 is 11.5 Å². The van der Waals surface area contributed by atoms with Gasteiger partial charge in [-0.2, -0.15) is 5.10 Å². The van der Waals surface area contributed by atoms with Crippen LogP contribution >= 0.6 is 0 Å². The fourth-order valence-corrected chi connectivity index (χ4v) is 4.23. The van der Waals surface area contributed by atoms with Gasteiger partial charge in [-0.3, -0.25) is 15.4 Å². The van der Waals surface area contributed by atoms with Crippen molar-refractivity contribution in [3.8, 4) is 0 Å². The van der Waals surface area contributed by atoms with Gasteiger partial charge in [0, 0.05) is 36.9 Å². The highest BCUT2D eigenvalue weighted by Crippen LogP contribution is 2.35. The van der Waals surface area contributed by atoms with Gasteiger partial charge in [-0.1, -0.05) is 12.2 Å². The molecule has 1 aliphatic heterocycles. The number of alkyl halides is 1. The molecule has 3 aliphatic rings. The van der Waals surface area contributed by atoms with Crippen molar-refractivity contribution in [2.45, 2.75) is 50.4 Å². The lowest BCUT2D eigenvalue weighted by Crippen LogP contribution is -2.39. The molecule has 6 heteroatoms. The number of hydrazone groups is 1. The number of amidine groups is 1. The fourth-order valence-electron chi connectivity index (χ4n) is 4.23. The third kappa shape index (κ3) is 3.56. The number of allylic oxidation sites excluding steroid dienone is 2. The van der Waals surface area contributed by atoms with E-state index in [4.69, 9.17) is 14.8 Å². The summed E-state index contributed by atoms with van der Waals surface area (Å²) in [6, 6.07) is 4.06. The van der Waals surface area contributed by atoms with Gasteiger partial charge in [0.1, 0.15) is 6.17 Å². The highest BCUT2D eigenvalue weighted by atomic mass is 19.1. The van der Waals surface area contributed by atoms with Crippen molar-refractivity contribution in [1.29, 1.82) is 0 Å². The summed E-state index contributed by atoms with van der Waals surface area (Å²) < 4.78 is 19.2. The van der Waals surface area contributed by atoms with Crippen LogP contribution in [0.4, 0.5) is 4.39 Å². The molecule has 2 heterocycles. The first kappa shape index (κ1) is 17.3. The lowest BCUT2D eigenvalue weighted by atomic mass is 9.74. The standard InChI is InChI=1S/C20H25FN4O/c1-26-16-8-9-18-17(11-16)19(13-4-6-15(21)7-5-13)24-25-20(23-18)14-3-2-10-22-12-14/h2-4,6,10,12-13,15-18H,5,7-9,11H2,1H3,(H,23,25). The number of fused-ring (bicyclic) bond motifs is 1. The van der Waals surface area contributed by atoms with E-state index < -0.39 is 6.17 Å². The van der Waals surface area contributed by atoms with Crippen LogP contribution < -0.4 is 5.43 Å². The minimum atomic E-state index is -0.832. The largest absolute Gasteiger partial charge is 0.381 e. The predicted octanol–water partition coefficient (Wildman–Crippen LogP) is 3.28. The molecular formula is C20H25FN4O. The molecule has 2 aliphatic carbocycles. The molecule has 1 aromatic rings. The molecule has 138 valence electrons. The molecule has 0 amide bonds. The minimum absolute atomic E-state index is 0.168. The average molecular weight is 356 g/mol. The number of hydrogen-bond donors (Lipinski definition) is 1. The molecule has 1 fully saturated rings. The van der Waals surface area contributed by atoms with Crippen LogP contribution in [0.2, 0.25) is 0 Å². The molecule has 26 heavy (non-hydrogen) atoms. The molecule has 0 spiro atoms. The van der Waals surface area contributed by atoms with Crippen LogP contribution in [0.5, 0.6) is 0 Å². The Morgan fingerprint density at radius 1 is 1.19 bits per heavy atom. The molecule has 0 bridgehead atoms. The zero-order valence-electron chi connectivity index (χ0n) is 15.0. The van der Waals surface area contributed by atoms with Crippen molar-refractivity contribution in [3.05, 3.63) is 42.2 Å². The quantitative estimate of drug-likeness (QED) is 0.846. The minimum Gasteiger partial charge on any atom is -0.381 e. The van der Waals surface area contributed by atoms with Gasteiger partial charge < -0.3 is 4.74 Å². The summed E-state index contributed by atoms with van der Waals surface area (Å²) in [5.74, 6) is 1.16. The second-order valence-corrected chi connectivity index (χ2v) is 7.30. The highest BCUT2D eigenvalue weighted by molar-refractivity contribution is 6.01. The number of hydrogen-bond acceptors (Lipinski definition) is 5. The van der Waals surface area contributed by atoms with Crippen molar-refractivity contribution in [2.75, 3.05) is 7.11 Å². The summed E-state index contributed by atoms with van der Waals surface area (Å²) >= 11 is 0. The maximum absolute atomic E-state index is 13.5. The lowest BCUT2D eigenvalue weighted by Gasteiger charge is -2.35. The number of halogens is 1. The van der Waals surface area contributed by atoms with E-state index in [0.717, 1.165) is 42.8 Å². The van der Waals surface area contributed by atoms with Crippen molar-refractivity contribution < 1.29 is 9.13 Å². The fraction of sp³-hybridized carbons (Fsp3) is 0.550. The van der Waals surface area contributed by atoms with Crippen LogP contribution in [-0.4, -0.2) is 42.0 Å². The summed E-state index contributed by atoms with van der Waals surface area (Å²) in [5.41, 5.74) is 5.20. The number of ether oxygens (including phenoxy) is 1. The summed E-state index contributed by atoms with van der Waals surface area (Å²) in [5, 5.41) is 4.76. The Balaban J connectivity index is 1.67. The molecule has 0 radical (unpaired) electrons. The van der Waals surface area contributed by atoms with E-state index in [0.29, 0.717) is 6.42 Å². The van der Waals surface area contributed by atoms with Crippen LogP contribution in [0.25, 0.3) is 0 Å². The number of pyridine rings is 1. The SMILES string of the molecule is COC1CCC2N=C(c3cccnc3)NN=C(C3C=CC(F)CC3)C2C1. The second kappa shape index (κ2) is 7.66. The van der Waals surface area contributed by atoms with Crippen LogP contribution in [0.15, 0.2) is 46.8 Å². The molecule has 0 saturated heterocycles. The predicted molar refractivity (Wildman–Crippen MR) is 100 cm³/mol. The summed E-state index contributed by atoms with van der Waals surface area (Å²) in [4.78, 5) is 9.19. The Kier molecular flexibility index (Phi) is 5.11. The van der Waals surface area contributed by atoms with Crippen molar-refractivity contribution in [2.24, 2.45) is 21.9 Å². The number of nitrogens with zero attached hydrogens (tertiary/aromatic N) is 3. The number of nitrogens with one attached hydrogen (secondary N) is 1. The first-order valence-electron chi connectivity index (χ1n) is 9.41. The molecule has 5 atom stereocenters. The van der Waals surface area contributed by atoms with Gasteiger partial charge >= 0.3 is 0 Å². The Labute approximate surface area is 153 Å². The van der Waals surface area contributed by atoms with Gasteiger partial charge in [0.15, 0.2) is 5.84 Å². The Morgan fingerprint density at radius 3 is 2.85 bits per heavy atom. The van der Waals surface area contributed by atoms with Gasteiger partial charge in [0.2, 0.25) is 0 Å². The number of aliphatic imine (C=N–C) groups is 1. The van der Waals surface area contributed by atoms with Crippen molar-refractivity contribution in [3.63, 3.8) is 0 Å². The van der Waals surface area contributed by atoms with Gasteiger partial charge in [-0.25, -0.2) is 4.39 Å². The van der Waals surface area contributed by atoms with E-state index >= 15 is 0 Å². The molecule has 5 nitrogen and oxygen atoms in total. The number of aromatic nitrogens is 1. The molecule has 1 saturated carbocycles. The zero-order chi connectivity index (χ0) is 17.9. The first-order chi connectivity index (χ1) is 12.7. The highest BCUT2D eigenvalue weighted by Gasteiger charge is 2.38. The van der Waals surface area contributed by atoms with E-state index in [2.05, 4.69) is 10.4 Å². The number of rotatable bonds is 3. The van der Waals surface area contributed by atoms with Gasteiger partial charge in [-0.05, 0) is 44.2 Å². The topological polar surface area (TPSA) is 58.9 Å². The lowest BCUT2D eigenvalue weighted by molar-refractivity contribution is 0.0558. The number of methoxy groups -OCH3 is 1. The average Bonchev–Trinajstić information content (AvgIpc) is 2.88. The maximum Gasteiger partial charge on any atom is 0.150 e. The summed E-state index contributed by atoms with van der Waals surface area (Å²) in [6.45, 7) is 0. The Bertz CT molecular complexity index is 718. The summed E-state index contributed by atoms with van der Waals surface area (Å²) in [6.07, 6.45) is 10.8. The van der Waals surface area contributed by atoms with Crippen LogP contribution in [0.3, 0.4) is 0 Å². The van der Waals surface area contributed by atoms with E-state index in [1.807, 2.05) is 18.2 Å². The van der Waals surface area contributed by atoms with Crippen LogP contribution in [-0.2, 0) is 4.74 Å². The molecule has 4 rings (SSSR count). The van der Waals surface area contributed by atoms with Crippen LogP contribution in [0, 0.1) is 11.8 Å². The van der Waals surface area contributed by atoms with Gasteiger partial charge in [0.25, 0.3) is 0 Å². The molecule has 0 aromatic carbocycles. The summed E-state index contributed by atoms with van der Waals surface area (Å²) in [7, 11) is 1.77. The van der Waals surface area contributed by atoms with Gasteiger partial charge in [-0.15, -0.1) is 0 Å². The van der Waals surface area contributed by atoms with E-state index in [1.165, 1.54) is 0 Å². The first-order valence-corrected chi connectivity index (χ1v) is 9.41. The molecule has 1 aromatic heterocycles. The molecular weight excluding hydrogens is 331 g/mol. The third-order valence-corrected chi connectivity index (χ3v) is 5.69. The third-order valence-electron chi connectivity index (χ3n) is 5.69. The van der Waals surface area contributed by atoms with E-state index in [1.54, 1.807) is 25.6 Å². The monoisotopic (exact) mass is 356 g/mol. The molecule has 5 unspecified atom stereocenters. The van der Waals surface area contributed by atoms with E-state index in [-0.39, 0.29) is 24.0 Å². The zero-order valence-corrected chi connectivity index (χ0v) is 15.0. The second-order valence-electron chi connectivity index (χ2n) is 7.30. The normalized spacial score (nSPS) is 34.2. The van der Waals surface area contributed by atoms with E-state index in [9.17, 15) is 4.39 Å². The maximum atomic E-state index is 13.5. The van der Waals surface area contributed by atoms with Crippen LogP contribution in [0.1, 0.15) is 37.7 Å². The smallest absolute Gasteiger partial charge is 0.150 e.